The first-order valence-electron chi connectivity index (χ1n) is 38.0. The Morgan fingerprint density at radius 2 is 0.941 bits per heavy atom. The van der Waals surface area contributed by atoms with Gasteiger partial charge in [-0.1, -0.05) is 82.2 Å². The molecule has 0 spiro atoms. The predicted octanol–water partition coefficient (Wildman–Crippen LogP) is 16.7. The maximum absolute atomic E-state index is 14.4. The second-order valence-electron chi connectivity index (χ2n) is 38.4. The molecule has 28 heteroatoms. The fourth-order valence-corrected chi connectivity index (χ4v) is 41.8. The summed E-state index contributed by atoms with van der Waals surface area (Å²) in [5.74, 6) is -1.25. The van der Waals surface area contributed by atoms with Gasteiger partial charge in [0.1, 0.15) is 39.1 Å². The SMILES string of the molecule is C=CC(=O)OCCOC(=O)NCC1(C)CC(CC(=O)OCC(C)OCC(C)OC(=O)CCC2(C)CC(NC(=O)OCC(COCCC[Si](C)(O[Si](C)(C)C)O[Si](C)(C)C)(COCCC[Si](C)(O[Si](C)(C)C)O[Si](C)(C)C)COC(=O)NC3CC(C)(C)CC(C)(CC)C3)CC(C)(C)C2)CC(C)(C)C1. The lowest BCUT2D eigenvalue weighted by Gasteiger charge is -2.47. The van der Waals surface area contributed by atoms with Crippen LogP contribution in [0.25, 0.3) is 0 Å². The number of rotatable bonds is 44. The first kappa shape index (κ1) is 93.2. The van der Waals surface area contributed by atoms with Crippen molar-refractivity contribution in [2.24, 2.45) is 43.8 Å². The van der Waals surface area contributed by atoms with E-state index in [2.05, 4.69) is 183 Å². The molecule has 0 radical (unpaired) electrons. The van der Waals surface area contributed by atoms with E-state index in [4.69, 9.17) is 59.1 Å². The van der Waals surface area contributed by atoms with E-state index in [0.29, 0.717) is 58.3 Å². The van der Waals surface area contributed by atoms with Gasteiger partial charge in [0.05, 0.1) is 31.3 Å². The van der Waals surface area contributed by atoms with Crippen LogP contribution < -0.4 is 16.0 Å². The van der Waals surface area contributed by atoms with Crippen molar-refractivity contribution in [3.8, 4) is 0 Å². The molecular weight excluding hydrogens is 1400 g/mol. The van der Waals surface area contributed by atoms with Crippen molar-refractivity contribution in [1.29, 1.82) is 0 Å². The van der Waals surface area contributed by atoms with E-state index >= 15 is 0 Å². The van der Waals surface area contributed by atoms with Crippen LogP contribution in [0.1, 0.15) is 179 Å². The van der Waals surface area contributed by atoms with Crippen molar-refractivity contribution in [2.75, 3.05) is 72.6 Å². The van der Waals surface area contributed by atoms with Crippen LogP contribution in [0, 0.1) is 43.8 Å². The average molecular weight is 1550 g/mol. The minimum atomic E-state index is -2.59. The van der Waals surface area contributed by atoms with Gasteiger partial charge in [-0.2, -0.15) is 0 Å². The molecule has 3 aliphatic rings. The summed E-state index contributed by atoms with van der Waals surface area (Å²) in [6.07, 6.45) is 8.75. The number of ether oxygens (including phenoxy) is 9. The summed E-state index contributed by atoms with van der Waals surface area (Å²) < 4.78 is 80.9. The molecule has 8 atom stereocenters. The maximum Gasteiger partial charge on any atom is 0.407 e. The fraction of sp³-hybridized carbons (Fsp3) is 0.892. The van der Waals surface area contributed by atoms with Crippen molar-refractivity contribution in [3.63, 3.8) is 0 Å². The number of hydrogen-bond acceptors (Lipinski definition) is 19. The molecule has 3 fully saturated rings. The van der Waals surface area contributed by atoms with Gasteiger partial charge in [-0.3, -0.25) is 9.59 Å². The molecule has 0 saturated heterocycles. The Hall–Kier alpha value is -3.02. The molecule has 3 amide bonds. The summed E-state index contributed by atoms with van der Waals surface area (Å²) in [4.78, 5) is 79.1. The van der Waals surface area contributed by atoms with Crippen LogP contribution in [-0.2, 0) is 73.5 Å². The molecule has 0 aliphatic heterocycles. The summed E-state index contributed by atoms with van der Waals surface area (Å²) >= 11 is 0. The number of hydrogen-bond donors (Lipinski definition) is 3. The average Bonchev–Trinajstić information content (AvgIpc) is 0.810. The molecule has 0 aromatic carbocycles. The molecular formula is C74H145N3O19Si6. The molecule has 102 heavy (non-hydrogen) atoms. The number of carbonyl (C=O) groups is 6. The van der Waals surface area contributed by atoms with Crippen LogP contribution in [0.5, 0.6) is 0 Å². The molecule has 3 N–H and O–H groups in total. The molecule has 3 rings (SSSR count). The summed E-state index contributed by atoms with van der Waals surface area (Å²) in [5.41, 5.74) is -1.94. The van der Waals surface area contributed by atoms with E-state index in [-0.39, 0.29) is 128 Å². The third kappa shape index (κ3) is 39.2. The Labute approximate surface area is 623 Å². The van der Waals surface area contributed by atoms with Gasteiger partial charge in [0.15, 0.2) is 33.3 Å². The number of nitrogens with one attached hydrogen (secondary N) is 3. The molecule has 8 unspecified atom stereocenters. The maximum atomic E-state index is 14.4. The van der Waals surface area contributed by atoms with Crippen molar-refractivity contribution < 1.29 is 87.9 Å². The van der Waals surface area contributed by atoms with Crippen LogP contribution in [0.15, 0.2) is 12.7 Å². The zero-order valence-corrected chi connectivity index (χ0v) is 74.7. The number of alkyl carbamates (subject to hydrolysis) is 3. The number of amides is 3. The Morgan fingerprint density at radius 3 is 1.40 bits per heavy atom. The zero-order chi connectivity index (χ0) is 77.7. The zero-order valence-electron chi connectivity index (χ0n) is 68.7. The topological polar surface area (TPSA) is 258 Å². The second kappa shape index (κ2) is 39.4. The largest absolute Gasteiger partial charge is 0.463 e. The molecule has 0 bridgehead atoms. The predicted molar refractivity (Wildman–Crippen MR) is 418 cm³/mol. The lowest BCUT2D eigenvalue weighted by atomic mass is 9.60. The van der Waals surface area contributed by atoms with Crippen molar-refractivity contribution in [2.45, 2.75) is 307 Å². The molecule has 3 aliphatic carbocycles. The van der Waals surface area contributed by atoms with Gasteiger partial charge in [-0.05, 0) is 233 Å². The van der Waals surface area contributed by atoms with Crippen molar-refractivity contribution in [3.05, 3.63) is 12.7 Å². The molecule has 22 nitrogen and oxygen atoms in total. The molecule has 0 heterocycles. The number of carbonyl (C=O) groups excluding carboxylic acids is 6. The highest BCUT2D eigenvalue weighted by Crippen LogP contribution is 2.51. The first-order valence-corrected chi connectivity index (χ1v) is 56.7. The van der Waals surface area contributed by atoms with Crippen molar-refractivity contribution in [1.82, 2.24) is 16.0 Å². The van der Waals surface area contributed by atoms with Gasteiger partial charge in [0.2, 0.25) is 0 Å². The van der Waals surface area contributed by atoms with Gasteiger partial charge in [-0.25, -0.2) is 19.2 Å². The molecule has 3 saturated carbocycles. The van der Waals surface area contributed by atoms with E-state index in [1.807, 2.05) is 6.92 Å². The van der Waals surface area contributed by atoms with Gasteiger partial charge in [0.25, 0.3) is 0 Å². The highest BCUT2D eigenvalue weighted by molar-refractivity contribution is 6.88. The smallest absolute Gasteiger partial charge is 0.407 e. The van der Waals surface area contributed by atoms with Gasteiger partial charge in [0, 0.05) is 50.8 Å². The van der Waals surface area contributed by atoms with Crippen molar-refractivity contribution >= 4 is 86.6 Å². The lowest BCUT2D eigenvalue weighted by molar-refractivity contribution is -0.155. The van der Waals surface area contributed by atoms with E-state index in [0.717, 1.165) is 63.1 Å². The first-order chi connectivity index (χ1) is 46.5. The van der Waals surface area contributed by atoms with Crippen LogP contribution in [0.4, 0.5) is 14.4 Å². The molecule has 594 valence electrons. The van der Waals surface area contributed by atoms with E-state index in [9.17, 15) is 28.8 Å². The minimum Gasteiger partial charge on any atom is -0.463 e. The lowest BCUT2D eigenvalue weighted by Crippen LogP contribution is -2.52. The third-order valence-electron chi connectivity index (χ3n) is 18.9. The van der Waals surface area contributed by atoms with Gasteiger partial charge in [-0.15, -0.1) is 0 Å². The van der Waals surface area contributed by atoms with Gasteiger partial charge < -0.3 is 75.0 Å². The van der Waals surface area contributed by atoms with Crippen LogP contribution >= 0.6 is 0 Å². The quantitative estimate of drug-likeness (QED) is 0.0168. The van der Waals surface area contributed by atoms with E-state index < -0.39 is 92.3 Å². The highest BCUT2D eigenvalue weighted by atomic mass is 28.5. The summed E-state index contributed by atoms with van der Waals surface area (Å²) in [6, 6.07) is 1.12. The standard InChI is InChI=1S/C74H145N3O19Si6/c1-28-62(78)86-36-37-87-65(81)75-52-73(13)42-59(41-68(5,6)51-73)40-64(80)89-47-57(3)88-48-58(4)92-63(79)32-33-72(12)46-61(44-70(9,10)50-72)77-67(83)91-56-74(53-84-34-30-38-101(26,93-97(14,15)16)94-98(17,18)19,54-85-35-31-39-102(27,95-99(20,21)22)96-100(23,24)25)55-90-66(82)76-60-43-69(7,8)49-71(11,29-2)45-60/h28,57-61H,1,29-56H2,2-27H3,(H,75,81)(H,76,82)(H,77,83). The van der Waals surface area contributed by atoms with E-state index in [1.165, 1.54) is 0 Å². The number of esters is 3. The summed E-state index contributed by atoms with van der Waals surface area (Å²) in [6.45, 7) is 60.6. The summed E-state index contributed by atoms with van der Waals surface area (Å²) in [7, 11) is -13.0. The Kier molecular flexibility index (Phi) is 36.0. The Morgan fingerprint density at radius 1 is 0.500 bits per heavy atom. The Balaban J connectivity index is 1.73. The molecule has 0 aromatic heterocycles. The van der Waals surface area contributed by atoms with Crippen LogP contribution in [-0.4, -0.2) is 183 Å². The van der Waals surface area contributed by atoms with Gasteiger partial charge >= 0.3 is 53.3 Å². The fourth-order valence-electron chi connectivity index (χ4n) is 16.8. The normalized spacial score (nSPS) is 23.9. The third-order valence-corrected chi connectivity index (χ3v) is 38.1. The monoisotopic (exact) mass is 1550 g/mol. The summed E-state index contributed by atoms with van der Waals surface area (Å²) in [5, 5.41) is 9.30. The minimum absolute atomic E-state index is 0.0283. The second-order valence-corrected chi connectivity index (χ2v) is 64.1. The Bertz CT molecular complexity index is 2580. The molecule has 0 aromatic rings. The van der Waals surface area contributed by atoms with Crippen LogP contribution in [0.2, 0.25) is 104 Å². The van der Waals surface area contributed by atoms with Crippen LogP contribution in [0.3, 0.4) is 0 Å². The van der Waals surface area contributed by atoms with E-state index in [1.54, 1.807) is 6.92 Å². The highest BCUT2D eigenvalue weighted by Gasteiger charge is 2.47.